The maximum absolute atomic E-state index is 8.46. The quantitative estimate of drug-likeness (QED) is 0.928. The van der Waals surface area contributed by atoms with Crippen LogP contribution in [0.2, 0.25) is 0 Å². The first-order chi connectivity index (χ1) is 7.92. The van der Waals surface area contributed by atoms with Crippen LogP contribution in [0.3, 0.4) is 0 Å². The van der Waals surface area contributed by atoms with Gasteiger partial charge in [-0.25, -0.2) is 0 Å². The molecular formula is C13H17BrN2O. The Morgan fingerprint density at radius 2 is 2.12 bits per heavy atom. The molecule has 0 heterocycles. The van der Waals surface area contributed by atoms with Crippen LogP contribution in [-0.4, -0.2) is 12.1 Å². The van der Waals surface area contributed by atoms with Crippen molar-refractivity contribution in [3.63, 3.8) is 0 Å². The molecule has 0 aliphatic rings. The zero-order chi connectivity index (χ0) is 12.9. The fraction of sp³-hybridized carbons (Fsp3) is 0.462. The molecular weight excluding hydrogens is 280 g/mol. The van der Waals surface area contributed by atoms with Crippen LogP contribution in [0.15, 0.2) is 22.7 Å². The van der Waals surface area contributed by atoms with E-state index in [1.54, 1.807) is 0 Å². The fourth-order valence-electron chi connectivity index (χ4n) is 1.25. The van der Waals surface area contributed by atoms with Gasteiger partial charge in [0.25, 0.3) is 0 Å². The molecule has 0 amide bonds. The van der Waals surface area contributed by atoms with Crippen LogP contribution in [0.4, 0.5) is 0 Å². The van der Waals surface area contributed by atoms with Crippen LogP contribution in [0, 0.1) is 11.3 Å². The van der Waals surface area contributed by atoms with Gasteiger partial charge in [-0.15, -0.1) is 0 Å². The summed E-state index contributed by atoms with van der Waals surface area (Å²) in [6.07, 6.45) is 0. The van der Waals surface area contributed by atoms with E-state index in [1.807, 2.05) is 24.3 Å². The molecule has 0 radical (unpaired) electrons. The van der Waals surface area contributed by atoms with E-state index in [1.165, 1.54) is 0 Å². The molecule has 0 aliphatic carbocycles. The van der Waals surface area contributed by atoms with E-state index in [4.69, 9.17) is 10.00 Å². The number of halogens is 1. The number of rotatable bonds is 4. The Morgan fingerprint density at radius 3 is 2.71 bits per heavy atom. The SMILES string of the molecule is CC(C)(C)NCc1cc(OCC#N)ccc1Br. The second-order valence-corrected chi connectivity index (χ2v) is 5.66. The minimum absolute atomic E-state index is 0.0724. The summed E-state index contributed by atoms with van der Waals surface area (Å²) in [4.78, 5) is 0. The first-order valence-electron chi connectivity index (χ1n) is 5.45. The molecule has 3 nitrogen and oxygen atoms in total. The highest BCUT2D eigenvalue weighted by atomic mass is 79.9. The normalized spacial score (nSPS) is 11.0. The van der Waals surface area contributed by atoms with Crippen LogP contribution in [0.25, 0.3) is 0 Å². The van der Waals surface area contributed by atoms with Crippen molar-refractivity contribution >= 4 is 15.9 Å². The number of hydrogen-bond acceptors (Lipinski definition) is 3. The van der Waals surface area contributed by atoms with Crippen molar-refractivity contribution in [2.75, 3.05) is 6.61 Å². The Kier molecular flexibility index (Phi) is 4.98. The number of benzene rings is 1. The van der Waals surface area contributed by atoms with Crippen LogP contribution in [0.5, 0.6) is 5.75 Å². The average Bonchev–Trinajstić information content (AvgIpc) is 2.25. The lowest BCUT2D eigenvalue weighted by Crippen LogP contribution is -2.35. The molecule has 0 saturated carbocycles. The van der Waals surface area contributed by atoms with E-state index >= 15 is 0 Å². The summed E-state index contributed by atoms with van der Waals surface area (Å²) in [5, 5.41) is 11.9. The minimum atomic E-state index is 0.0724. The Hall–Kier alpha value is -1.05. The van der Waals surface area contributed by atoms with Crippen molar-refractivity contribution in [1.82, 2.24) is 5.32 Å². The second kappa shape index (κ2) is 6.04. The molecule has 1 rings (SSSR count). The summed E-state index contributed by atoms with van der Waals surface area (Å²) >= 11 is 3.51. The summed E-state index contributed by atoms with van der Waals surface area (Å²) in [5.41, 5.74) is 1.19. The number of ether oxygens (including phenoxy) is 1. The van der Waals surface area contributed by atoms with Gasteiger partial charge in [-0.05, 0) is 44.5 Å². The highest BCUT2D eigenvalue weighted by molar-refractivity contribution is 9.10. The van der Waals surface area contributed by atoms with Gasteiger partial charge in [-0.3, -0.25) is 0 Å². The molecule has 0 aromatic heterocycles. The lowest BCUT2D eigenvalue weighted by atomic mass is 10.1. The van der Waals surface area contributed by atoms with E-state index in [0.717, 1.165) is 22.3 Å². The van der Waals surface area contributed by atoms with Crippen molar-refractivity contribution < 1.29 is 4.74 Å². The van der Waals surface area contributed by atoms with Crippen molar-refractivity contribution in [1.29, 1.82) is 5.26 Å². The predicted molar refractivity (Wildman–Crippen MR) is 71.8 cm³/mol. The van der Waals surface area contributed by atoms with E-state index < -0.39 is 0 Å². The molecule has 0 saturated heterocycles. The largest absolute Gasteiger partial charge is 0.479 e. The molecule has 4 heteroatoms. The van der Waals surface area contributed by atoms with Crippen LogP contribution >= 0.6 is 15.9 Å². The molecule has 0 spiro atoms. The van der Waals surface area contributed by atoms with Gasteiger partial charge >= 0.3 is 0 Å². The van der Waals surface area contributed by atoms with Gasteiger partial charge in [-0.2, -0.15) is 5.26 Å². The van der Waals surface area contributed by atoms with Gasteiger partial charge in [0.1, 0.15) is 11.8 Å². The predicted octanol–water partition coefficient (Wildman–Crippen LogP) is 3.24. The Labute approximate surface area is 111 Å². The molecule has 1 aromatic carbocycles. The van der Waals surface area contributed by atoms with E-state index in [-0.39, 0.29) is 12.1 Å². The van der Waals surface area contributed by atoms with Crippen LogP contribution in [-0.2, 0) is 6.54 Å². The van der Waals surface area contributed by atoms with E-state index in [0.29, 0.717) is 0 Å². The topological polar surface area (TPSA) is 45.0 Å². The maximum atomic E-state index is 8.46. The molecule has 0 fully saturated rings. The molecule has 0 bridgehead atoms. The smallest absolute Gasteiger partial charge is 0.174 e. The highest BCUT2D eigenvalue weighted by Crippen LogP contribution is 2.23. The fourth-order valence-corrected chi connectivity index (χ4v) is 1.64. The van der Waals surface area contributed by atoms with E-state index in [9.17, 15) is 0 Å². The summed E-state index contributed by atoms with van der Waals surface area (Å²) < 4.78 is 6.31. The minimum Gasteiger partial charge on any atom is -0.479 e. The summed E-state index contributed by atoms with van der Waals surface area (Å²) in [5.74, 6) is 0.723. The molecule has 0 unspecified atom stereocenters. The van der Waals surface area contributed by atoms with Crippen molar-refractivity contribution in [2.24, 2.45) is 0 Å². The number of nitrogens with zero attached hydrogens (tertiary/aromatic N) is 1. The second-order valence-electron chi connectivity index (χ2n) is 4.80. The zero-order valence-electron chi connectivity index (χ0n) is 10.4. The number of hydrogen-bond donors (Lipinski definition) is 1. The summed E-state index contributed by atoms with van der Waals surface area (Å²) in [7, 11) is 0. The van der Waals surface area contributed by atoms with Gasteiger partial charge in [0, 0.05) is 16.6 Å². The molecule has 92 valence electrons. The van der Waals surface area contributed by atoms with Gasteiger partial charge < -0.3 is 10.1 Å². The summed E-state index contributed by atoms with van der Waals surface area (Å²) in [6.45, 7) is 7.20. The lowest BCUT2D eigenvalue weighted by Gasteiger charge is -2.21. The first-order valence-corrected chi connectivity index (χ1v) is 6.25. The Bertz CT molecular complexity index is 418. The third-order valence-electron chi connectivity index (χ3n) is 2.13. The Balaban J connectivity index is 2.73. The van der Waals surface area contributed by atoms with Crippen molar-refractivity contribution in [3.8, 4) is 11.8 Å². The average molecular weight is 297 g/mol. The maximum Gasteiger partial charge on any atom is 0.174 e. The number of nitrogens with one attached hydrogen (secondary N) is 1. The van der Waals surface area contributed by atoms with Crippen molar-refractivity contribution in [3.05, 3.63) is 28.2 Å². The van der Waals surface area contributed by atoms with Gasteiger partial charge in [0.05, 0.1) is 0 Å². The molecule has 0 aliphatic heterocycles. The van der Waals surface area contributed by atoms with Gasteiger partial charge in [0.15, 0.2) is 6.61 Å². The van der Waals surface area contributed by atoms with Crippen LogP contribution in [0.1, 0.15) is 26.3 Å². The van der Waals surface area contributed by atoms with Crippen molar-refractivity contribution in [2.45, 2.75) is 32.9 Å². The monoisotopic (exact) mass is 296 g/mol. The van der Waals surface area contributed by atoms with Crippen LogP contribution < -0.4 is 10.1 Å². The molecule has 0 atom stereocenters. The van der Waals surface area contributed by atoms with Gasteiger partial charge in [-0.1, -0.05) is 15.9 Å². The third kappa shape index (κ3) is 5.20. The standard InChI is InChI=1S/C13H17BrN2O/c1-13(2,3)16-9-10-8-11(17-7-6-15)4-5-12(10)14/h4-5,8,16H,7,9H2,1-3H3. The van der Waals surface area contributed by atoms with E-state index in [2.05, 4.69) is 42.0 Å². The molecule has 17 heavy (non-hydrogen) atoms. The highest BCUT2D eigenvalue weighted by Gasteiger charge is 2.10. The molecule has 1 aromatic rings. The molecule has 1 N–H and O–H groups in total. The lowest BCUT2D eigenvalue weighted by molar-refractivity contribution is 0.366. The Morgan fingerprint density at radius 1 is 1.41 bits per heavy atom. The first kappa shape index (κ1) is 14.0. The zero-order valence-corrected chi connectivity index (χ0v) is 12.0. The van der Waals surface area contributed by atoms with Gasteiger partial charge in [0.2, 0.25) is 0 Å². The third-order valence-corrected chi connectivity index (χ3v) is 2.90. The number of nitriles is 1. The summed E-state index contributed by atoms with van der Waals surface area (Å²) in [6, 6.07) is 7.69.